The summed E-state index contributed by atoms with van der Waals surface area (Å²) in [7, 11) is 0. The number of hydrogen-bond donors (Lipinski definition) is 2. The second-order valence-electron chi connectivity index (χ2n) is 3.62. The molecule has 96 valence electrons. The molecule has 2 aromatic rings. The summed E-state index contributed by atoms with van der Waals surface area (Å²) in [6, 6.07) is 9.59. The molecule has 2 N–H and O–H groups in total. The second-order valence-corrected chi connectivity index (χ2v) is 4.05. The van der Waals surface area contributed by atoms with Gasteiger partial charge in [-0.05, 0) is 30.3 Å². The van der Waals surface area contributed by atoms with Gasteiger partial charge >= 0.3 is 0 Å². The first-order valence-corrected chi connectivity index (χ1v) is 5.77. The third-order valence-electron chi connectivity index (χ3n) is 2.26. The Kier molecular flexibility index (Phi) is 4.10. The lowest BCUT2D eigenvalue weighted by Crippen LogP contribution is -2.18. The van der Waals surface area contributed by atoms with Crippen LogP contribution in [0.2, 0.25) is 5.02 Å². The molecule has 1 amide bonds. The molecule has 0 aliphatic rings. The lowest BCUT2D eigenvalue weighted by molar-refractivity contribution is 0.0950. The van der Waals surface area contributed by atoms with Crippen LogP contribution in [-0.2, 0) is 0 Å². The van der Waals surface area contributed by atoms with Crippen LogP contribution in [0.4, 0.5) is 0 Å². The van der Waals surface area contributed by atoms with Crippen LogP contribution in [0.15, 0.2) is 47.7 Å². The number of carbonyl (C=O) groups is 1. The van der Waals surface area contributed by atoms with Crippen LogP contribution in [0.1, 0.15) is 16.1 Å². The fourth-order valence-electron chi connectivity index (χ4n) is 1.34. The Morgan fingerprint density at radius 2 is 2.21 bits per heavy atom. The molecule has 0 saturated carbocycles. The summed E-state index contributed by atoms with van der Waals surface area (Å²) in [5.41, 5.74) is 3.03. The average Bonchev–Trinajstić information content (AvgIpc) is 2.42. The minimum Gasteiger partial charge on any atom is -0.507 e. The van der Waals surface area contributed by atoms with Crippen molar-refractivity contribution in [1.82, 2.24) is 10.4 Å². The van der Waals surface area contributed by atoms with Gasteiger partial charge in [0.1, 0.15) is 11.4 Å². The van der Waals surface area contributed by atoms with Gasteiger partial charge in [0.15, 0.2) is 0 Å². The van der Waals surface area contributed by atoms with Gasteiger partial charge in [-0.25, -0.2) is 5.43 Å². The molecule has 0 fully saturated rings. The fourth-order valence-corrected chi connectivity index (χ4v) is 1.51. The molecule has 6 heteroatoms. The van der Waals surface area contributed by atoms with E-state index in [1.165, 1.54) is 18.5 Å². The Bertz CT molecular complexity index is 615. The molecular formula is C13H10ClN3O2. The number of benzene rings is 1. The molecule has 0 aliphatic carbocycles. The molecule has 0 saturated heterocycles. The van der Waals surface area contributed by atoms with Gasteiger partial charge < -0.3 is 5.11 Å². The van der Waals surface area contributed by atoms with Gasteiger partial charge in [-0.3, -0.25) is 9.78 Å². The van der Waals surface area contributed by atoms with Crippen molar-refractivity contribution in [1.29, 1.82) is 0 Å². The maximum Gasteiger partial charge on any atom is 0.289 e. The third-order valence-corrected chi connectivity index (χ3v) is 2.49. The number of hydrazone groups is 1. The molecule has 1 aromatic carbocycles. The van der Waals surface area contributed by atoms with Crippen LogP contribution in [0.3, 0.4) is 0 Å². The predicted molar refractivity (Wildman–Crippen MR) is 72.4 cm³/mol. The van der Waals surface area contributed by atoms with Crippen LogP contribution in [0, 0.1) is 0 Å². The van der Waals surface area contributed by atoms with E-state index in [-0.39, 0.29) is 11.4 Å². The summed E-state index contributed by atoms with van der Waals surface area (Å²) in [4.78, 5) is 15.5. The normalized spacial score (nSPS) is 10.6. The van der Waals surface area contributed by atoms with Crippen molar-refractivity contribution < 1.29 is 9.90 Å². The summed E-state index contributed by atoms with van der Waals surface area (Å²) in [6.07, 6.45) is 2.84. The highest BCUT2D eigenvalue weighted by atomic mass is 35.5. The molecule has 5 nitrogen and oxygen atoms in total. The summed E-state index contributed by atoms with van der Waals surface area (Å²) in [6.45, 7) is 0. The summed E-state index contributed by atoms with van der Waals surface area (Å²) in [5, 5.41) is 13.7. The van der Waals surface area contributed by atoms with E-state index in [0.29, 0.717) is 10.6 Å². The molecule has 0 unspecified atom stereocenters. The molecule has 0 aliphatic heterocycles. The number of pyridine rings is 1. The van der Waals surface area contributed by atoms with Gasteiger partial charge in [-0.2, -0.15) is 5.10 Å². The Morgan fingerprint density at radius 3 is 2.89 bits per heavy atom. The maximum absolute atomic E-state index is 11.6. The number of nitrogens with one attached hydrogen (secondary N) is 1. The zero-order valence-electron chi connectivity index (χ0n) is 9.75. The fraction of sp³-hybridized carbons (Fsp3) is 0. The predicted octanol–water partition coefficient (Wildman–Crippen LogP) is 2.20. The van der Waals surface area contributed by atoms with Crippen molar-refractivity contribution in [2.24, 2.45) is 5.10 Å². The molecule has 0 atom stereocenters. The largest absolute Gasteiger partial charge is 0.507 e. The second kappa shape index (κ2) is 5.97. The van der Waals surface area contributed by atoms with Crippen molar-refractivity contribution in [3.63, 3.8) is 0 Å². The Balaban J connectivity index is 2.02. The number of nitrogens with zero attached hydrogens (tertiary/aromatic N) is 2. The first-order valence-electron chi connectivity index (χ1n) is 5.40. The maximum atomic E-state index is 11.6. The van der Waals surface area contributed by atoms with E-state index >= 15 is 0 Å². The first-order chi connectivity index (χ1) is 9.16. The van der Waals surface area contributed by atoms with Crippen molar-refractivity contribution in [2.45, 2.75) is 0 Å². The zero-order chi connectivity index (χ0) is 13.7. The number of hydrogen-bond acceptors (Lipinski definition) is 4. The van der Waals surface area contributed by atoms with Crippen molar-refractivity contribution in [3.8, 4) is 5.75 Å². The van der Waals surface area contributed by atoms with E-state index in [4.69, 9.17) is 11.6 Å². The molecule has 19 heavy (non-hydrogen) atoms. The summed E-state index contributed by atoms with van der Waals surface area (Å²) >= 11 is 5.70. The number of carbonyl (C=O) groups excluding carboxylic acids is 1. The van der Waals surface area contributed by atoms with Gasteiger partial charge in [-0.1, -0.05) is 17.7 Å². The SMILES string of the molecule is O=C(N/N=C/c1ccc(Cl)cc1O)c1ccccn1. The molecule has 0 spiro atoms. The highest BCUT2D eigenvalue weighted by Gasteiger charge is 2.04. The monoisotopic (exact) mass is 275 g/mol. The van der Waals surface area contributed by atoms with Crippen LogP contribution >= 0.6 is 11.6 Å². The van der Waals surface area contributed by atoms with Gasteiger partial charge in [0.2, 0.25) is 0 Å². The van der Waals surface area contributed by atoms with E-state index in [9.17, 15) is 9.90 Å². The Hall–Kier alpha value is -2.40. The Labute approximate surface area is 114 Å². The number of halogens is 1. The van der Waals surface area contributed by atoms with E-state index in [1.54, 1.807) is 30.3 Å². The third kappa shape index (κ3) is 3.53. The van der Waals surface area contributed by atoms with Crippen LogP contribution in [-0.4, -0.2) is 22.2 Å². The van der Waals surface area contributed by atoms with Gasteiger partial charge in [0, 0.05) is 16.8 Å². The average molecular weight is 276 g/mol. The highest BCUT2D eigenvalue weighted by Crippen LogP contribution is 2.19. The first kappa shape index (κ1) is 13.0. The molecular weight excluding hydrogens is 266 g/mol. The zero-order valence-corrected chi connectivity index (χ0v) is 10.5. The van der Waals surface area contributed by atoms with Gasteiger partial charge in [0.05, 0.1) is 6.21 Å². The lowest BCUT2D eigenvalue weighted by atomic mass is 10.2. The minimum atomic E-state index is -0.426. The summed E-state index contributed by atoms with van der Waals surface area (Å²) in [5.74, 6) is -0.436. The molecule has 2 rings (SSSR count). The van der Waals surface area contributed by atoms with Crippen molar-refractivity contribution >= 4 is 23.7 Å². The lowest BCUT2D eigenvalue weighted by Gasteiger charge is -2.00. The molecule has 1 aromatic heterocycles. The van der Waals surface area contributed by atoms with E-state index in [1.807, 2.05) is 0 Å². The smallest absolute Gasteiger partial charge is 0.289 e. The van der Waals surface area contributed by atoms with E-state index < -0.39 is 5.91 Å². The number of amides is 1. The quantitative estimate of drug-likeness (QED) is 0.666. The number of phenolic OH excluding ortho intramolecular Hbond substituents is 1. The number of rotatable bonds is 3. The van der Waals surface area contributed by atoms with Crippen LogP contribution < -0.4 is 5.43 Å². The standard InChI is InChI=1S/C13H10ClN3O2/c14-10-5-4-9(12(18)7-10)8-16-17-13(19)11-3-1-2-6-15-11/h1-8,18H,(H,17,19)/b16-8+. The van der Waals surface area contributed by atoms with E-state index in [0.717, 1.165) is 0 Å². The van der Waals surface area contributed by atoms with Crippen LogP contribution in [0.25, 0.3) is 0 Å². The van der Waals surface area contributed by atoms with Crippen molar-refractivity contribution in [3.05, 3.63) is 58.9 Å². The molecule has 1 heterocycles. The van der Waals surface area contributed by atoms with Gasteiger partial charge in [-0.15, -0.1) is 0 Å². The van der Waals surface area contributed by atoms with Crippen molar-refractivity contribution in [2.75, 3.05) is 0 Å². The topological polar surface area (TPSA) is 74.6 Å². The molecule has 0 bridgehead atoms. The molecule has 0 radical (unpaired) electrons. The summed E-state index contributed by atoms with van der Waals surface area (Å²) < 4.78 is 0. The number of phenols is 1. The minimum absolute atomic E-state index is 0.0108. The van der Waals surface area contributed by atoms with Crippen LogP contribution in [0.5, 0.6) is 5.75 Å². The Morgan fingerprint density at radius 1 is 1.37 bits per heavy atom. The highest BCUT2D eigenvalue weighted by molar-refractivity contribution is 6.30. The van der Waals surface area contributed by atoms with Gasteiger partial charge in [0.25, 0.3) is 5.91 Å². The number of aromatic nitrogens is 1. The number of aromatic hydroxyl groups is 1. The van der Waals surface area contributed by atoms with E-state index in [2.05, 4.69) is 15.5 Å².